The van der Waals surface area contributed by atoms with Gasteiger partial charge in [0.1, 0.15) is 12.1 Å². The Morgan fingerprint density at radius 3 is 2.70 bits per heavy atom. The molecule has 3 aromatic rings. The highest BCUT2D eigenvalue weighted by Gasteiger charge is 2.08. The summed E-state index contributed by atoms with van der Waals surface area (Å²) in [5, 5.41) is 2.44. The zero-order chi connectivity index (χ0) is 13.9. The third-order valence-corrected chi connectivity index (χ3v) is 2.80. The third-order valence-electron chi connectivity index (χ3n) is 2.80. The molecule has 0 saturated heterocycles. The number of benzene rings is 2. The summed E-state index contributed by atoms with van der Waals surface area (Å²) in [6.07, 6.45) is 1.49. The van der Waals surface area contributed by atoms with Crippen LogP contribution in [0.15, 0.2) is 54.9 Å². The summed E-state index contributed by atoms with van der Waals surface area (Å²) in [6, 6.07) is 12.8. The lowest BCUT2D eigenvalue weighted by molar-refractivity contribution is 0.260. The number of hydrogen-bond acceptors (Lipinski definition) is 2. The van der Waals surface area contributed by atoms with Crippen LogP contribution in [0.4, 0.5) is 14.9 Å². The molecule has 2 aromatic carbocycles. The minimum absolute atomic E-state index is 0.120. The molecular weight excluding hydrogens is 259 g/mol. The topological polar surface area (TPSA) is 59.0 Å². The van der Waals surface area contributed by atoms with Crippen molar-refractivity contribution in [1.82, 2.24) is 9.66 Å². The molecule has 0 fully saturated rings. The molecule has 0 spiro atoms. The van der Waals surface area contributed by atoms with Gasteiger partial charge in [-0.3, -0.25) is 0 Å². The van der Waals surface area contributed by atoms with E-state index in [9.17, 15) is 9.18 Å². The third kappa shape index (κ3) is 2.31. The average molecular weight is 270 g/mol. The van der Waals surface area contributed by atoms with Gasteiger partial charge < -0.3 is 5.32 Å². The molecule has 0 unspecified atom stereocenters. The minimum atomic E-state index is -0.543. The molecule has 6 heteroatoms. The number of aromatic nitrogens is 2. The van der Waals surface area contributed by atoms with Gasteiger partial charge in [0.05, 0.1) is 16.7 Å². The van der Waals surface area contributed by atoms with Crippen molar-refractivity contribution in [2.24, 2.45) is 0 Å². The van der Waals surface area contributed by atoms with Crippen molar-refractivity contribution in [3.05, 3.63) is 60.7 Å². The van der Waals surface area contributed by atoms with E-state index < -0.39 is 11.8 Å². The number of amides is 2. The quantitative estimate of drug-likeness (QED) is 0.752. The minimum Gasteiger partial charge on any atom is -0.304 e. The maximum atomic E-state index is 13.4. The van der Waals surface area contributed by atoms with Crippen molar-refractivity contribution in [1.29, 1.82) is 0 Å². The zero-order valence-corrected chi connectivity index (χ0v) is 10.4. The van der Waals surface area contributed by atoms with E-state index >= 15 is 0 Å². The highest BCUT2D eigenvalue weighted by molar-refractivity contribution is 5.96. The standard InChI is InChI=1S/C14H11FN4O/c15-10-5-1-2-6-11(10)17-14(20)18-19-9-16-12-7-3-4-8-13(12)19/h1-9H,(H2,17,18,20). The molecule has 0 radical (unpaired) electrons. The largest absolute Gasteiger partial charge is 0.338 e. The molecule has 0 aliphatic rings. The maximum absolute atomic E-state index is 13.4. The molecule has 2 amide bonds. The van der Waals surface area contributed by atoms with Crippen molar-refractivity contribution < 1.29 is 9.18 Å². The van der Waals surface area contributed by atoms with Crippen molar-refractivity contribution in [3.63, 3.8) is 0 Å². The van der Waals surface area contributed by atoms with E-state index in [1.165, 1.54) is 23.1 Å². The Morgan fingerprint density at radius 1 is 1.10 bits per heavy atom. The summed E-state index contributed by atoms with van der Waals surface area (Å²) >= 11 is 0. The van der Waals surface area contributed by atoms with Crippen molar-refractivity contribution in [2.45, 2.75) is 0 Å². The SMILES string of the molecule is O=C(Nc1ccccc1F)Nn1cnc2ccccc21. The number of carbonyl (C=O) groups excluding carboxylic acids is 1. The highest BCUT2D eigenvalue weighted by Crippen LogP contribution is 2.13. The smallest absolute Gasteiger partial charge is 0.304 e. The highest BCUT2D eigenvalue weighted by atomic mass is 19.1. The Bertz CT molecular complexity index is 768. The second-order valence-corrected chi connectivity index (χ2v) is 4.15. The predicted molar refractivity (Wildman–Crippen MR) is 74.5 cm³/mol. The molecule has 0 atom stereocenters. The number of carbonyl (C=O) groups is 1. The second kappa shape index (κ2) is 5.00. The molecule has 0 saturated carbocycles. The molecule has 0 aliphatic carbocycles. The van der Waals surface area contributed by atoms with E-state index in [1.807, 2.05) is 24.3 Å². The van der Waals surface area contributed by atoms with Gasteiger partial charge in [0.2, 0.25) is 0 Å². The van der Waals surface area contributed by atoms with Crippen LogP contribution in [0, 0.1) is 5.82 Å². The normalized spacial score (nSPS) is 10.4. The summed E-state index contributed by atoms with van der Waals surface area (Å²) in [5.74, 6) is -0.488. The summed E-state index contributed by atoms with van der Waals surface area (Å²) in [5.41, 5.74) is 4.22. The van der Waals surface area contributed by atoms with Gasteiger partial charge >= 0.3 is 6.03 Å². The number of nitrogens with zero attached hydrogens (tertiary/aromatic N) is 2. The van der Waals surface area contributed by atoms with Gasteiger partial charge in [0, 0.05) is 0 Å². The Kier molecular flexibility index (Phi) is 3.04. The number of rotatable bonds is 2. The summed E-state index contributed by atoms with van der Waals surface area (Å²) in [6.45, 7) is 0. The van der Waals surface area contributed by atoms with E-state index in [0.717, 1.165) is 11.0 Å². The number of nitrogens with one attached hydrogen (secondary N) is 2. The Labute approximate surface area is 114 Å². The average Bonchev–Trinajstić information content (AvgIpc) is 2.85. The van der Waals surface area contributed by atoms with Crippen LogP contribution in [0.25, 0.3) is 11.0 Å². The van der Waals surface area contributed by atoms with Crippen molar-refractivity contribution >= 4 is 22.8 Å². The van der Waals surface area contributed by atoms with Gasteiger partial charge in [-0.25, -0.2) is 24.3 Å². The summed E-state index contributed by atoms with van der Waals surface area (Å²) < 4.78 is 14.9. The number of hydrogen-bond donors (Lipinski definition) is 2. The number of halogens is 1. The van der Waals surface area contributed by atoms with Gasteiger partial charge in [0.15, 0.2) is 0 Å². The van der Waals surface area contributed by atoms with E-state index in [0.29, 0.717) is 0 Å². The first kappa shape index (κ1) is 12.2. The number of fused-ring (bicyclic) bond motifs is 1. The first-order valence-electron chi connectivity index (χ1n) is 5.99. The van der Waals surface area contributed by atoms with Crippen LogP contribution in [0.5, 0.6) is 0 Å². The number of urea groups is 1. The summed E-state index contributed by atoms with van der Waals surface area (Å²) in [7, 11) is 0. The van der Waals surface area contributed by atoms with E-state index in [4.69, 9.17) is 0 Å². The number of para-hydroxylation sites is 3. The van der Waals surface area contributed by atoms with Gasteiger partial charge in [-0.1, -0.05) is 24.3 Å². The Hall–Kier alpha value is -2.89. The predicted octanol–water partition coefficient (Wildman–Crippen LogP) is 2.95. The van der Waals surface area contributed by atoms with Gasteiger partial charge in [0.25, 0.3) is 0 Å². The molecule has 3 rings (SSSR count). The first-order chi connectivity index (χ1) is 9.74. The molecule has 1 aromatic heterocycles. The van der Waals surface area contributed by atoms with E-state index in [2.05, 4.69) is 15.7 Å². The van der Waals surface area contributed by atoms with Crippen LogP contribution in [0.2, 0.25) is 0 Å². The molecule has 20 heavy (non-hydrogen) atoms. The monoisotopic (exact) mass is 270 g/mol. The lowest BCUT2D eigenvalue weighted by atomic mass is 10.3. The van der Waals surface area contributed by atoms with Gasteiger partial charge in [-0.15, -0.1) is 0 Å². The van der Waals surface area contributed by atoms with E-state index in [1.54, 1.807) is 12.1 Å². The first-order valence-corrected chi connectivity index (χ1v) is 5.99. The van der Waals surface area contributed by atoms with E-state index in [-0.39, 0.29) is 5.69 Å². The van der Waals surface area contributed by atoms with Crippen LogP contribution in [0.1, 0.15) is 0 Å². The number of imidazole rings is 1. The van der Waals surface area contributed by atoms with Crippen LogP contribution in [0.3, 0.4) is 0 Å². The fourth-order valence-electron chi connectivity index (χ4n) is 1.87. The lowest BCUT2D eigenvalue weighted by Gasteiger charge is -2.09. The van der Waals surface area contributed by atoms with Crippen LogP contribution in [-0.4, -0.2) is 15.7 Å². The fraction of sp³-hybridized carbons (Fsp3) is 0. The lowest BCUT2D eigenvalue weighted by Crippen LogP contribution is -2.27. The molecule has 100 valence electrons. The van der Waals surface area contributed by atoms with Crippen LogP contribution >= 0.6 is 0 Å². The Balaban J connectivity index is 1.78. The molecule has 5 nitrogen and oxygen atoms in total. The molecule has 0 aliphatic heterocycles. The number of anilines is 1. The Morgan fingerprint density at radius 2 is 1.85 bits per heavy atom. The molecular formula is C14H11FN4O. The van der Waals surface area contributed by atoms with Crippen molar-refractivity contribution in [3.8, 4) is 0 Å². The van der Waals surface area contributed by atoms with Gasteiger partial charge in [-0.2, -0.15) is 0 Å². The van der Waals surface area contributed by atoms with Crippen LogP contribution in [-0.2, 0) is 0 Å². The van der Waals surface area contributed by atoms with Crippen molar-refractivity contribution in [2.75, 3.05) is 10.7 Å². The second-order valence-electron chi connectivity index (χ2n) is 4.15. The zero-order valence-electron chi connectivity index (χ0n) is 10.4. The molecule has 2 N–H and O–H groups in total. The van der Waals surface area contributed by atoms with Gasteiger partial charge in [-0.05, 0) is 24.3 Å². The fourth-order valence-corrected chi connectivity index (χ4v) is 1.87. The summed E-state index contributed by atoms with van der Waals surface area (Å²) in [4.78, 5) is 16.0. The maximum Gasteiger partial charge on any atom is 0.338 e. The van der Waals surface area contributed by atoms with Crippen LogP contribution < -0.4 is 10.7 Å². The molecule has 0 bridgehead atoms. The molecule has 1 heterocycles.